The number of rotatable bonds is 3. The number of H-pyrrole nitrogens is 2. The van der Waals surface area contributed by atoms with Gasteiger partial charge >= 0.3 is 0 Å². The minimum absolute atomic E-state index is 0.184. The Hall–Kier alpha value is -1.21. The molecule has 0 aliphatic carbocycles. The molecule has 0 bridgehead atoms. The van der Waals surface area contributed by atoms with Crippen LogP contribution in [0.15, 0.2) is 4.79 Å². The van der Waals surface area contributed by atoms with Crippen LogP contribution in [0.2, 0.25) is 0 Å². The molecular weight excluding hydrogens is 232 g/mol. The molecule has 0 saturated carbocycles. The second-order valence-electron chi connectivity index (χ2n) is 3.03. The van der Waals surface area contributed by atoms with Gasteiger partial charge < -0.3 is 10.3 Å². The smallest absolute Gasteiger partial charge is 0.271 e. The summed E-state index contributed by atoms with van der Waals surface area (Å²) < 4.78 is 0.877. The summed E-state index contributed by atoms with van der Waals surface area (Å²) in [5, 5.41) is 3.88. The normalized spacial score (nSPS) is 10.7. The van der Waals surface area contributed by atoms with Gasteiger partial charge in [-0.15, -0.1) is 0 Å². The Morgan fingerprint density at radius 2 is 2.33 bits per heavy atom. The van der Waals surface area contributed by atoms with E-state index in [9.17, 15) is 4.79 Å². The fourth-order valence-electron chi connectivity index (χ4n) is 1.16. The molecule has 0 aromatic carbocycles. The van der Waals surface area contributed by atoms with Crippen molar-refractivity contribution < 1.29 is 0 Å². The number of thiazole rings is 1. The molecule has 0 aliphatic rings. The minimum atomic E-state index is -0.184. The van der Waals surface area contributed by atoms with Crippen molar-refractivity contribution >= 4 is 39.0 Å². The Balaban J connectivity index is 2.51. The van der Waals surface area contributed by atoms with Crippen LogP contribution in [0.3, 0.4) is 0 Å². The zero-order valence-electron chi connectivity index (χ0n) is 8.09. The molecule has 2 aromatic heterocycles. The van der Waals surface area contributed by atoms with E-state index in [4.69, 9.17) is 12.2 Å². The fraction of sp³-hybridized carbons (Fsp3) is 0.375. The first-order valence-corrected chi connectivity index (χ1v) is 5.80. The molecule has 0 radical (unpaired) electrons. The van der Waals surface area contributed by atoms with Crippen molar-refractivity contribution in [2.45, 2.75) is 13.3 Å². The highest BCUT2D eigenvalue weighted by molar-refractivity contribution is 7.71. The average Bonchev–Trinajstić information content (AvgIpc) is 2.57. The molecule has 15 heavy (non-hydrogen) atoms. The highest BCUT2D eigenvalue weighted by Crippen LogP contribution is 2.20. The van der Waals surface area contributed by atoms with E-state index in [0.717, 1.165) is 18.1 Å². The standard InChI is InChI=1S/C8H10N4OS2/c1-2-3-9-8-11-5-4(15-8)6(13)12-7(14)10-5/h2-3H2,1H3,(H3,9,10,11,12,13,14). The van der Waals surface area contributed by atoms with E-state index in [2.05, 4.69) is 27.2 Å². The molecule has 0 aliphatic heterocycles. The summed E-state index contributed by atoms with van der Waals surface area (Å²) in [5.41, 5.74) is 0.364. The number of aromatic nitrogens is 3. The van der Waals surface area contributed by atoms with Crippen molar-refractivity contribution in [3.05, 3.63) is 15.1 Å². The third-order valence-corrected chi connectivity index (χ3v) is 3.03. The molecule has 0 amide bonds. The molecule has 0 spiro atoms. The maximum Gasteiger partial charge on any atom is 0.271 e. The van der Waals surface area contributed by atoms with Crippen molar-refractivity contribution in [1.29, 1.82) is 0 Å². The Labute approximate surface area is 94.6 Å². The average molecular weight is 242 g/mol. The third kappa shape index (κ3) is 2.07. The summed E-state index contributed by atoms with van der Waals surface area (Å²) in [6, 6.07) is 0. The maximum absolute atomic E-state index is 11.5. The summed E-state index contributed by atoms with van der Waals surface area (Å²) in [6.45, 7) is 2.92. The monoisotopic (exact) mass is 242 g/mol. The SMILES string of the molecule is CCCNc1nc2[nH]c(=S)[nH]c(=O)c2s1. The summed E-state index contributed by atoms with van der Waals surface area (Å²) in [4.78, 5) is 21.1. The van der Waals surface area contributed by atoms with Crippen LogP contribution in [0.25, 0.3) is 10.3 Å². The van der Waals surface area contributed by atoms with Crippen LogP contribution in [0.4, 0.5) is 5.13 Å². The second kappa shape index (κ2) is 4.11. The fourth-order valence-corrected chi connectivity index (χ4v) is 2.20. The molecule has 2 heterocycles. The number of nitrogens with zero attached hydrogens (tertiary/aromatic N) is 1. The summed E-state index contributed by atoms with van der Waals surface area (Å²) >= 11 is 6.19. The van der Waals surface area contributed by atoms with E-state index >= 15 is 0 Å². The topological polar surface area (TPSA) is 73.6 Å². The van der Waals surface area contributed by atoms with Crippen LogP contribution in [-0.4, -0.2) is 21.5 Å². The van der Waals surface area contributed by atoms with Crippen molar-refractivity contribution in [3.8, 4) is 0 Å². The predicted octanol–water partition coefficient (Wildman–Crippen LogP) is 1.86. The van der Waals surface area contributed by atoms with Crippen LogP contribution in [-0.2, 0) is 0 Å². The van der Waals surface area contributed by atoms with Crippen molar-refractivity contribution in [3.63, 3.8) is 0 Å². The van der Waals surface area contributed by atoms with Gasteiger partial charge in [0.25, 0.3) is 5.56 Å². The van der Waals surface area contributed by atoms with E-state index in [1.807, 2.05) is 0 Å². The van der Waals surface area contributed by atoms with Gasteiger partial charge in [0.15, 0.2) is 15.5 Å². The van der Waals surface area contributed by atoms with E-state index < -0.39 is 0 Å². The summed E-state index contributed by atoms with van der Waals surface area (Å²) in [5.74, 6) is 0. The molecule has 80 valence electrons. The molecule has 0 fully saturated rings. The second-order valence-corrected chi connectivity index (χ2v) is 4.44. The van der Waals surface area contributed by atoms with Gasteiger partial charge in [0, 0.05) is 6.54 Å². The number of aromatic amines is 2. The van der Waals surface area contributed by atoms with Crippen LogP contribution in [0.5, 0.6) is 0 Å². The maximum atomic E-state index is 11.5. The number of anilines is 1. The van der Waals surface area contributed by atoms with Crippen LogP contribution in [0, 0.1) is 4.77 Å². The number of fused-ring (bicyclic) bond motifs is 1. The molecular formula is C8H10N4OS2. The van der Waals surface area contributed by atoms with Crippen molar-refractivity contribution in [2.75, 3.05) is 11.9 Å². The van der Waals surface area contributed by atoms with E-state index in [-0.39, 0.29) is 5.56 Å². The zero-order valence-corrected chi connectivity index (χ0v) is 9.72. The van der Waals surface area contributed by atoms with Crippen LogP contribution < -0.4 is 10.9 Å². The van der Waals surface area contributed by atoms with Crippen molar-refractivity contribution in [1.82, 2.24) is 15.0 Å². The Bertz CT molecular complexity index is 582. The predicted molar refractivity (Wildman–Crippen MR) is 64.2 cm³/mol. The molecule has 2 rings (SSSR count). The largest absolute Gasteiger partial charge is 0.361 e. The third-order valence-electron chi connectivity index (χ3n) is 1.82. The first-order chi connectivity index (χ1) is 7.20. The lowest BCUT2D eigenvalue weighted by atomic mass is 10.5. The molecule has 5 nitrogen and oxygen atoms in total. The van der Waals surface area contributed by atoms with Crippen LogP contribution in [0.1, 0.15) is 13.3 Å². The van der Waals surface area contributed by atoms with E-state index in [1.165, 1.54) is 11.3 Å². The highest BCUT2D eigenvalue weighted by Gasteiger charge is 2.06. The molecule has 7 heteroatoms. The van der Waals surface area contributed by atoms with E-state index in [0.29, 0.717) is 15.1 Å². The van der Waals surface area contributed by atoms with Gasteiger partial charge in [0.2, 0.25) is 0 Å². The summed E-state index contributed by atoms with van der Waals surface area (Å²) in [7, 11) is 0. The lowest BCUT2D eigenvalue weighted by Crippen LogP contribution is -2.05. The van der Waals surface area contributed by atoms with Crippen molar-refractivity contribution in [2.24, 2.45) is 0 Å². The minimum Gasteiger partial charge on any atom is -0.361 e. The van der Waals surface area contributed by atoms with Gasteiger partial charge in [-0.25, -0.2) is 4.98 Å². The molecule has 3 N–H and O–H groups in total. The number of hydrogen-bond donors (Lipinski definition) is 3. The molecule has 0 unspecified atom stereocenters. The zero-order chi connectivity index (χ0) is 10.8. The number of nitrogens with one attached hydrogen (secondary N) is 3. The molecule has 0 saturated heterocycles. The molecule has 2 aromatic rings. The Morgan fingerprint density at radius 3 is 3.07 bits per heavy atom. The van der Waals surface area contributed by atoms with Gasteiger partial charge in [-0.2, -0.15) is 0 Å². The first-order valence-electron chi connectivity index (χ1n) is 4.57. The van der Waals surface area contributed by atoms with Gasteiger partial charge in [0.05, 0.1) is 0 Å². The Morgan fingerprint density at radius 1 is 1.53 bits per heavy atom. The highest BCUT2D eigenvalue weighted by atomic mass is 32.1. The van der Waals surface area contributed by atoms with Gasteiger partial charge in [-0.3, -0.25) is 9.78 Å². The summed E-state index contributed by atoms with van der Waals surface area (Å²) in [6.07, 6.45) is 1.02. The van der Waals surface area contributed by atoms with Gasteiger partial charge in [-0.05, 0) is 18.6 Å². The quantitative estimate of drug-likeness (QED) is 0.718. The van der Waals surface area contributed by atoms with Crippen LogP contribution >= 0.6 is 23.6 Å². The lowest BCUT2D eigenvalue weighted by molar-refractivity contribution is 0.976. The van der Waals surface area contributed by atoms with E-state index in [1.54, 1.807) is 0 Å². The Kier molecular flexibility index (Phi) is 2.83. The van der Waals surface area contributed by atoms with Gasteiger partial charge in [-0.1, -0.05) is 18.3 Å². The number of hydrogen-bond acceptors (Lipinski definition) is 5. The molecule has 0 atom stereocenters. The van der Waals surface area contributed by atoms with Gasteiger partial charge in [0.1, 0.15) is 4.70 Å². The lowest BCUT2D eigenvalue weighted by Gasteiger charge is -1.95. The first kappa shape index (κ1) is 10.3.